The fourth-order valence-corrected chi connectivity index (χ4v) is 3.58. The predicted molar refractivity (Wildman–Crippen MR) is 106 cm³/mol. The molecule has 136 valence electrons. The number of halogens is 3. The molecular weight excluding hydrogens is 395 g/mol. The minimum Gasteiger partial charge on any atom is -0.396 e. The summed E-state index contributed by atoms with van der Waals surface area (Å²) in [4.78, 5) is 16.2. The lowest BCUT2D eigenvalue weighted by molar-refractivity contribution is 0.0950. The average molecular weight is 412 g/mol. The zero-order valence-electron chi connectivity index (χ0n) is 13.8. The van der Waals surface area contributed by atoms with Crippen molar-refractivity contribution < 1.29 is 4.79 Å². The lowest BCUT2D eigenvalue weighted by atomic mass is 9.83. The number of nitrogens with zero attached hydrogens (tertiary/aromatic N) is 2. The molecule has 1 saturated carbocycles. The first-order chi connectivity index (χ1) is 12.5. The first kappa shape index (κ1) is 19.0. The maximum absolute atomic E-state index is 12.3. The standard InChI is InChI=1S/C18H17Cl3N4O/c19-13-15(22)14(20)17(21)23-16(13)18(26)25-24-12-8-6-11(7-9-12)10-4-2-1-3-5-10/h1-5,11H,6-9H2,(H2,22,23)(H,25,26). The number of carbonyl (C=O) groups excluding carboxylic acids is 1. The molecule has 3 rings (SSSR count). The molecule has 26 heavy (non-hydrogen) atoms. The van der Waals surface area contributed by atoms with Gasteiger partial charge in [0.2, 0.25) is 0 Å². The van der Waals surface area contributed by atoms with Crippen LogP contribution in [0.1, 0.15) is 47.7 Å². The van der Waals surface area contributed by atoms with E-state index in [1.54, 1.807) is 0 Å². The molecule has 1 aliphatic rings. The summed E-state index contributed by atoms with van der Waals surface area (Å²) in [5.74, 6) is -0.0465. The van der Waals surface area contributed by atoms with Crippen molar-refractivity contribution in [2.45, 2.75) is 31.6 Å². The van der Waals surface area contributed by atoms with Crippen LogP contribution in [0.25, 0.3) is 0 Å². The van der Waals surface area contributed by atoms with E-state index in [4.69, 9.17) is 40.5 Å². The molecule has 0 radical (unpaired) electrons. The quantitative estimate of drug-likeness (QED) is 0.546. The van der Waals surface area contributed by atoms with Gasteiger partial charge in [0, 0.05) is 5.71 Å². The van der Waals surface area contributed by atoms with Gasteiger partial charge in [0.15, 0.2) is 10.8 Å². The van der Waals surface area contributed by atoms with Gasteiger partial charge in [-0.15, -0.1) is 0 Å². The lowest BCUT2D eigenvalue weighted by Gasteiger charge is -2.23. The molecule has 0 unspecified atom stereocenters. The number of hydrogen-bond donors (Lipinski definition) is 2. The number of carbonyl (C=O) groups is 1. The van der Waals surface area contributed by atoms with E-state index in [-0.39, 0.29) is 26.6 Å². The Kier molecular flexibility index (Phi) is 6.01. The first-order valence-corrected chi connectivity index (χ1v) is 9.31. The zero-order valence-corrected chi connectivity index (χ0v) is 16.1. The highest BCUT2D eigenvalue weighted by Gasteiger charge is 2.21. The summed E-state index contributed by atoms with van der Waals surface area (Å²) in [6, 6.07) is 10.4. The van der Waals surface area contributed by atoms with E-state index >= 15 is 0 Å². The van der Waals surface area contributed by atoms with Crippen LogP contribution in [-0.2, 0) is 0 Å². The number of pyridine rings is 1. The summed E-state index contributed by atoms with van der Waals surface area (Å²) >= 11 is 17.8. The van der Waals surface area contributed by atoms with Crippen molar-refractivity contribution in [1.82, 2.24) is 10.4 Å². The lowest BCUT2D eigenvalue weighted by Crippen LogP contribution is -2.23. The van der Waals surface area contributed by atoms with Gasteiger partial charge in [-0.25, -0.2) is 10.4 Å². The molecule has 5 nitrogen and oxygen atoms in total. The summed E-state index contributed by atoms with van der Waals surface area (Å²) in [6.07, 6.45) is 3.64. The summed E-state index contributed by atoms with van der Waals surface area (Å²) in [5.41, 5.74) is 10.4. The van der Waals surface area contributed by atoms with Gasteiger partial charge in [-0.3, -0.25) is 4.79 Å². The molecule has 0 atom stereocenters. The molecule has 1 aliphatic carbocycles. The van der Waals surface area contributed by atoms with Gasteiger partial charge in [0.05, 0.1) is 10.7 Å². The second-order valence-electron chi connectivity index (χ2n) is 6.10. The number of anilines is 1. The largest absolute Gasteiger partial charge is 0.396 e. The molecular formula is C18H17Cl3N4O. The minimum atomic E-state index is -0.571. The van der Waals surface area contributed by atoms with Crippen molar-refractivity contribution in [2.24, 2.45) is 5.10 Å². The number of nitrogens with two attached hydrogens (primary N) is 1. The van der Waals surface area contributed by atoms with E-state index in [0.717, 1.165) is 31.4 Å². The fourth-order valence-electron chi connectivity index (χ4n) is 2.99. The van der Waals surface area contributed by atoms with Crippen LogP contribution >= 0.6 is 34.8 Å². The number of amides is 1. The van der Waals surface area contributed by atoms with E-state index in [2.05, 4.69) is 39.8 Å². The van der Waals surface area contributed by atoms with Crippen molar-refractivity contribution in [3.63, 3.8) is 0 Å². The molecule has 0 spiro atoms. The van der Waals surface area contributed by atoms with Gasteiger partial charge in [0.25, 0.3) is 5.91 Å². The number of rotatable bonds is 3. The number of hydrazone groups is 1. The maximum Gasteiger partial charge on any atom is 0.291 e. The molecule has 1 aromatic heterocycles. The molecule has 1 fully saturated rings. The predicted octanol–water partition coefficient (Wildman–Crippen LogP) is 5.07. The van der Waals surface area contributed by atoms with Gasteiger partial charge in [-0.2, -0.15) is 5.10 Å². The van der Waals surface area contributed by atoms with E-state index in [0.29, 0.717) is 5.92 Å². The summed E-state index contributed by atoms with van der Waals surface area (Å²) in [5, 5.41) is 4.13. The van der Waals surface area contributed by atoms with Crippen LogP contribution in [0.3, 0.4) is 0 Å². The zero-order chi connectivity index (χ0) is 18.7. The Morgan fingerprint density at radius 2 is 1.77 bits per heavy atom. The second-order valence-corrected chi connectivity index (χ2v) is 7.21. The summed E-state index contributed by atoms with van der Waals surface area (Å²) in [6.45, 7) is 0. The van der Waals surface area contributed by atoms with E-state index in [1.165, 1.54) is 5.56 Å². The van der Waals surface area contributed by atoms with Crippen molar-refractivity contribution in [2.75, 3.05) is 5.73 Å². The highest BCUT2D eigenvalue weighted by atomic mass is 35.5. The van der Waals surface area contributed by atoms with Crippen molar-refractivity contribution in [1.29, 1.82) is 0 Å². The van der Waals surface area contributed by atoms with Gasteiger partial charge >= 0.3 is 0 Å². The number of aromatic nitrogens is 1. The van der Waals surface area contributed by atoms with Crippen LogP contribution in [-0.4, -0.2) is 16.6 Å². The molecule has 3 N–H and O–H groups in total. The molecule has 8 heteroatoms. The fraction of sp³-hybridized carbons (Fsp3) is 0.278. The third-order valence-electron chi connectivity index (χ3n) is 4.44. The molecule has 1 amide bonds. The molecule has 0 bridgehead atoms. The van der Waals surface area contributed by atoms with E-state index in [1.807, 2.05) is 6.07 Å². The Labute approximate surface area is 166 Å². The molecule has 0 aliphatic heterocycles. The van der Waals surface area contributed by atoms with E-state index in [9.17, 15) is 4.79 Å². The molecule has 1 aromatic carbocycles. The number of nitrogens with one attached hydrogen (secondary N) is 1. The van der Waals surface area contributed by atoms with Crippen LogP contribution in [0, 0.1) is 0 Å². The molecule has 1 heterocycles. The number of hydrogen-bond acceptors (Lipinski definition) is 4. The van der Waals surface area contributed by atoms with Crippen molar-refractivity contribution in [3.05, 3.63) is 56.8 Å². The van der Waals surface area contributed by atoms with Crippen LogP contribution in [0.15, 0.2) is 35.4 Å². The van der Waals surface area contributed by atoms with Crippen LogP contribution in [0.5, 0.6) is 0 Å². The second kappa shape index (κ2) is 8.25. The van der Waals surface area contributed by atoms with Gasteiger partial charge in [-0.1, -0.05) is 65.1 Å². The Hall–Kier alpha value is -1.82. The third-order valence-corrected chi connectivity index (χ3v) is 5.57. The highest BCUT2D eigenvalue weighted by Crippen LogP contribution is 2.34. The van der Waals surface area contributed by atoms with E-state index < -0.39 is 5.91 Å². The normalized spacial score (nSPS) is 17.0. The number of nitrogen functional groups attached to an aromatic ring is 1. The first-order valence-electron chi connectivity index (χ1n) is 8.18. The summed E-state index contributed by atoms with van der Waals surface area (Å²) in [7, 11) is 0. The molecule has 2 aromatic rings. The topological polar surface area (TPSA) is 80.4 Å². The van der Waals surface area contributed by atoms with Crippen LogP contribution in [0.2, 0.25) is 15.2 Å². The summed E-state index contributed by atoms with van der Waals surface area (Å²) < 4.78 is 0. The van der Waals surface area contributed by atoms with Crippen molar-refractivity contribution in [3.8, 4) is 0 Å². The van der Waals surface area contributed by atoms with Crippen LogP contribution in [0.4, 0.5) is 5.69 Å². The minimum absolute atomic E-state index is 0.0227. The van der Waals surface area contributed by atoms with Gasteiger partial charge < -0.3 is 5.73 Å². The van der Waals surface area contributed by atoms with Gasteiger partial charge in [0.1, 0.15) is 5.02 Å². The smallest absolute Gasteiger partial charge is 0.291 e. The Balaban J connectivity index is 1.64. The number of benzene rings is 1. The Morgan fingerprint density at radius 1 is 1.12 bits per heavy atom. The third kappa shape index (κ3) is 4.11. The maximum atomic E-state index is 12.3. The SMILES string of the molecule is Nc1c(Cl)c(Cl)nc(C(=O)NN=C2CCC(c3ccccc3)CC2)c1Cl. The Bertz CT molecular complexity index is 845. The van der Waals surface area contributed by atoms with Crippen LogP contribution < -0.4 is 11.2 Å². The molecule has 0 saturated heterocycles. The van der Waals surface area contributed by atoms with Crippen molar-refractivity contribution >= 4 is 52.1 Å². The monoisotopic (exact) mass is 410 g/mol. The highest BCUT2D eigenvalue weighted by molar-refractivity contribution is 6.46. The average Bonchev–Trinajstić information content (AvgIpc) is 2.68. The Morgan fingerprint density at radius 3 is 2.42 bits per heavy atom. The van der Waals surface area contributed by atoms with Gasteiger partial charge in [-0.05, 0) is 37.2 Å².